The highest BCUT2D eigenvalue weighted by Crippen LogP contribution is 2.00. The van der Waals surface area contributed by atoms with Crippen LogP contribution >= 0.6 is 0 Å². The molecule has 0 saturated carbocycles. The van der Waals surface area contributed by atoms with Gasteiger partial charge in [-0.05, 0) is 0 Å². The van der Waals surface area contributed by atoms with Crippen molar-refractivity contribution in [3.05, 3.63) is 0 Å². The second-order valence-corrected chi connectivity index (χ2v) is 2.68. The third-order valence-electron chi connectivity index (χ3n) is 1.58. The van der Waals surface area contributed by atoms with Crippen LogP contribution < -0.4 is 5.32 Å². The van der Waals surface area contributed by atoms with Gasteiger partial charge in [0.15, 0.2) is 0 Å². The van der Waals surface area contributed by atoms with Crippen LogP contribution in [0.25, 0.3) is 0 Å². The van der Waals surface area contributed by atoms with Gasteiger partial charge in [-0.15, -0.1) is 0 Å². The fourth-order valence-electron chi connectivity index (χ4n) is 1.16. The molecule has 4 heteroatoms. The Labute approximate surface area is 62.5 Å². The zero-order chi connectivity index (χ0) is 7.40. The molecule has 0 unspecified atom stereocenters. The summed E-state index contributed by atoms with van der Waals surface area (Å²) in [7, 11) is 3.76. The molecule has 58 valence electrons. The summed E-state index contributed by atoms with van der Waals surface area (Å²) in [6.45, 7) is 2.57. The second-order valence-electron chi connectivity index (χ2n) is 2.68. The van der Waals surface area contributed by atoms with Crippen molar-refractivity contribution in [1.82, 2.24) is 5.32 Å². The molecule has 0 bridgehead atoms. The summed E-state index contributed by atoms with van der Waals surface area (Å²) in [5.74, 6) is 0. The average Bonchev–Trinajstić information content (AvgIpc) is 1.88. The van der Waals surface area contributed by atoms with E-state index in [1.54, 1.807) is 7.11 Å². The van der Waals surface area contributed by atoms with E-state index in [0.29, 0.717) is 12.6 Å². The maximum atomic E-state index is 5.54. The van der Waals surface area contributed by atoms with Gasteiger partial charge in [0, 0.05) is 26.2 Å². The molecule has 0 aromatic heterocycles. The zero-order valence-corrected chi connectivity index (χ0v) is 6.59. The number of nitrogens with one attached hydrogen (secondary N) is 1. The monoisotopic (exact) mass is 143 g/mol. The predicted octanol–water partition coefficient (Wildman–Crippen LogP) is -1.42. The van der Waals surface area contributed by atoms with Crippen molar-refractivity contribution in [2.75, 3.05) is 26.8 Å². The van der Waals surface area contributed by atoms with Crippen LogP contribution in [-0.2, 0) is 9.47 Å². The Morgan fingerprint density at radius 2 is 2.50 bits per heavy atom. The van der Waals surface area contributed by atoms with Crippen LogP contribution in [0.3, 0.4) is 0 Å². The number of morpholine rings is 1. The Morgan fingerprint density at radius 3 is 3.10 bits per heavy atom. The summed E-state index contributed by atoms with van der Waals surface area (Å²) in [4.78, 5) is 0. The quantitative estimate of drug-likeness (QED) is 0.481. The van der Waals surface area contributed by atoms with Crippen molar-refractivity contribution in [3.63, 3.8) is 0 Å². The van der Waals surface area contributed by atoms with Gasteiger partial charge >= 0.3 is 0 Å². The SMILES string of the molecule is B[C@H]1CNC[C@@H](COC)O1. The summed E-state index contributed by atoms with van der Waals surface area (Å²) in [5, 5.41) is 3.26. The summed E-state index contributed by atoms with van der Waals surface area (Å²) in [6.07, 6.45) is 0.244. The van der Waals surface area contributed by atoms with E-state index in [1.165, 1.54) is 0 Å². The van der Waals surface area contributed by atoms with Gasteiger partial charge in [0.25, 0.3) is 0 Å². The largest absolute Gasteiger partial charge is 0.382 e. The highest BCUT2D eigenvalue weighted by molar-refractivity contribution is 6.11. The number of hydrogen-bond acceptors (Lipinski definition) is 3. The summed E-state index contributed by atoms with van der Waals surface area (Å²) in [6, 6.07) is 0.328. The number of ether oxygens (including phenoxy) is 2. The molecule has 0 radical (unpaired) electrons. The molecule has 0 amide bonds. The zero-order valence-electron chi connectivity index (χ0n) is 6.59. The molecule has 0 aromatic carbocycles. The van der Waals surface area contributed by atoms with Crippen LogP contribution in [0, 0.1) is 0 Å². The molecule has 1 aliphatic rings. The molecule has 0 aliphatic carbocycles. The summed E-state index contributed by atoms with van der Waals surface area (Å²) in [5.41, 5.74) is 0. The van der Waals surface area contributed by atoms with Gasteiger partial charge in [-0.25, -0.2) is 0 Å². The fraction of sp³-hybridized carbons (Fsp3) is 1.00. The van der Waals surface area contributed by atoms with Crippen LogP contribution in [0.5, 0.6) is 0 Å². The molecule has 1 rings (SSSR count). The third-order valence-corrected chi connectivity index (χ3v) is 1.58. The Hall–Kier alpha value is -0.0551. The van der Waals surface area contributed by atoms with Gasteiger partial charge in [0.2, 0.25) is 0 Å². The second kappa shape index (κ2) is 3.96. The first-order valence-electron chi connectivity index (χ1n) is 3.68. The highest BCUT2D eigenvalue weighted by atomic mass is 16.5. The predicted molar refractivity (Wildman–Crippen MR) is 42.0 cm³/mol. The Balaban J connectivity index is 2.18. The number of methoxy groups -OCH3 is 1. The van der Waals surface area contributed by atoms with Crippen LogP contribution in [0.1, 0.15) is 0 Å². The lowest BCUT2D eigenvalue weighted by molar-refractivity contribution is -0.0363. The van der Waals surface area contributed by atoms with Crippen LogP contribution in [0.4, 0.5) is 0 Å². The smallest absolute Gasteiger partial charge is 0.140 e. The molecule has 0 aromatic rings. The Bertz CT molecular complexity index is 99.7. The van der Waals surface area contributed by atoms with E-state index in [4.69, 9.17) is 9.47 Å². The molecule has 1 aliphatic heterocycles. The van der Waals surface area contributed by atoms with E-state index in [9.17, 15) is 0 Å². The van der Waals surface area contributed by atoms with Crippen molar-refractivity contribution in [2.45, 2.75) is 12.1 Å². The van der Waals surface area contributed by atoms with E-state index in [2.05, 4.69) is 13.2 Å². The van der Waals surface area contributed by atoms with E-state index >= 15 is 0 Å². The van der Waals surface area contributed by atoms with Gasteiger partial charge in [0.05, 0.1) is 12.7 Å². The van der Waals surface area contributed by atoms with Crippen LogP contribution in [-0.4, -0.2) is 46.8 Å². The van der Waals surface area contributed by atoms with E-state index in [0.717, 1.165) is 13.1 Å². The summed E-state index contributed by atoms with van der Waals surface area (Å²) < 4.78 is 10.5. The molecular weight excluding hydrogens is 129 g/mol. The summed E-state index contributed by atoms with van der Waals surface area (Å²) >= 11 is 0. The van der Waals surface area contributed by atoms with E-state index < -0.39 is 0 Å². The minimum Gasteiger partial charge on any atom is -0.382 e. The fourth-order valence-corrected chi connectivity index (χ4v) is 1.16. The van der Waals surface area contributed by atoms with Crippen LogP contribution in [0.2, 0.25) is 0 Å². The molecule has 1 N–H and O–H groups in total. The molecule has 1 heterocycles. The van der Waals surface area contributed by atoms with Crippen molar-refractivity contribution in [3.8, 4) is 0 Å². The lowest BCUT2D eigenvalue weighted by Gasteiger charge is -2.28. The molecule has 1 saturated heterocycles. The van der Waals surface area contributed by atoms with Crippen molar-refractivity contribution in [2.24, 2.45) is 0 Å². The van der Waals surface area contributed by atoms with Crippen LogP contribution in [0.15, 0.2) is 0 Å². The first kappa shape index (κ1) is 8.05. The van der Waals surface area contributed by atoms with Gasteiger partial charge in [-0.2, -0.15) is 0 Å². The molecule has 3 nitrogen and oxygen atoms in total. The molecule has 2 atom stereocenters. The standard InChI is InChI=1S/C6H14BNO2/c1-9-4-5-2-8-3-6(7)10-5/h5-6,8H,2-4,7H2,1H3/t5-,6+/m0/s1. The van der Waals surface area contributed by atoms with Crippen molar-refractivity contribution >= 4 is 7.85 Å². The topological polar surface area (TPSA) is 30.5 Å². The minimum absolute atomic E-state index is 0.244. The average molecular weight is 143 g/mol. The van der Waals surface area contributed by atoms with Gasteiger partial charge in [0.1, 0.15) is 7.85 Å². The first-order valence-corrected chi connectivity index (χ1v) is 3.68. The maximum Gasteiger partial charge on any atom is 0.140 e. The Kier molecular flexibility index (Phi) is 3.18. The Morgan fingerprint density at radius 1 is 1.70 bits per heavy atom. The third kappa shape index (κ3) is 2.29. The van der Waals surface area contributed by atoms with Gasteiger partial charge < -0.3 is 14.8 Å². The minimum atomic E-state index is 0.244. The number of rotatable bonds is 2. The first-order chi connectivity index (χ1) is 4.83. The molecule has 1 fully saturated rings. The highest BCUT2D eigenvalue weighted by Gasteiger charge is 2.17. The lowest BCUT2D eigenvalue weighted by atomic mass is 9.98. The number of hydrogen-bond donors (Lipinski definition) is 1. The maximum absolute atomic E-state index is 5.54. The van der Waals surface area contributed by atoms with E-state index in [1.807, 2.05) is 0 Å². The van der Waals surface area contributed by atoms with Crippen molar-refractivity contribution in [1.29, 1.82) is 0 Å². The molecule has 0 spiro atoms. The molecular formula is C6H14BNO2. The van der Waals surface area contributed by atoms with Gasteiger partial charge in [-0.3, -0.25) is 0 Å². The molecule has 10 heavy (non-hydrogen) atoms. The lowest BCUT2D eigenvalue weighted by Crippen LogP contribution is -2.46. The normalized spacial score (nSPS) is 34.1. The van der Waals surface area contributed by atoms with E-state index in [-0.39, 0.29) is 6.10 Å². The van der Waals surface area contributed by atoms with Crippen molar-refractivity contribution < 1.29 is 9.47 Å². The van der Waals surface area contributed by atoms with Gasteiger partial charge in [-0.1, -0.05) is 0 Å².